The van der Waals surface area contributed by atoms with Crippen LogP contribution in [0.1, 0.15) is 28.5 Å². The van der Waals surface area contributed by atoms with Gasteiger partial charge in [-0.05, 0) is 30.7 Å². The number of benzene rings is 1. The molecular formula is C20H20F2N4O2. The summed E-state index contributed by atoms with van der Waals surface area (Å²) in [5, 5.41) is 0. The molecule has 8 heteroatoms. The highest BCUT2D eigenvalue weighted by Gasteiger charge is 2.32. The Morgan fingerprint density at radius 1 is 1.29 bits per heavy atom. The molecule has 3 heterocycles. The van der Waals surface area contributed by atoms with Crippen LogP contribution in [0, 0.1) is 11.6 Å². The lowest BCUT2D eigenvalue weighted by Gasteiger charge is -2.17. The smallest absolute Gasteiger partial charge is 0.254 e. The molecule has 0 bridgehead atoms. The van der Waals surface area contributed by atoms with Crippen molar-refractivity contribution in [2.75, 3.05) is 26.8 Å². The molecule has 1 amide bonds. The maximum atomic E-state index is 13.5. The molecule has 0 saturated carbocycles. The highest BCUT2D eigenvalue weighted by Crippen LogP contribution is 2.30. The number of hydrogen-bond donors (Lipinski definition) is 0. The summed E-state index contributed by atoms with van der Waals surface area (Å²) < 4.78 is 34.2. The summed E-state index contributed by atoms with van der Waals surface area (Å²) in [6.45, 7) is 2.07. The number of rotatable bonds is 5. The van der Waals surface area contributed by atoms with E-state index in [1.54, 1.807) is 18.2 Å². The fraction of sp³-hybridized carbons (Fsp3) is 0.350. The highest BCUT2D eigenvalue weighted by atomic mass is 19.1. The molecular weight excluding hydrogens is 366 g/mol. The normalized spacial score (nSPS) is 16.8. The molecule has 1 aromatic carbocycles. The number of ether oxygens (including phenoxy) is 1. The third kappa shape index (κ3) is 3.47. The monoisotopic (exact) mass is 386 g/mol. The molecule has 0 aliphatic carbocycles. The number of aromatic nitrogens is 3. The molecule has 1 aliphatic heterocycles. The van der Waals surface area contributed by atoms with E-state index in [0.717, 1.165) is 41.6 Å². The molecule has 1 saturated heterocycles. The van der Waals surface area contributed by atoms with E-state index in [9.17, 15) is 13.6 Å². The minimum atomic E-state index is -0.758. The van der Waals surface area contributed by atoms with Crippen LogP contribution in [0.25, 0.3) is 11.2 Å². The third-order valence-corrected chi connectivity index (χ3v) is 5.00. The van der Waals surface area contributed by atoms with Gasteiger partial charge in [-0.2, -0.15) is 0 Å². The number of halogens is 2. The van der Waals surface area contributed by atoms with E-state index in [2.05, 4.69) is 4.98 Å². The Morgan fingerprint density at radius 3 is 2.82 bits per heavy atom. The van der Waals surface area contributed by atoms with E-state index in [4.69, 9.17) is 9.72 Å². The van der Waals surface area contributed by atoms with Crippen molar-refractivity contribution in [3.63, 3.8) is 0 Å². The number of amides is 1. The second-order valence-electron chi connectivity index (χ2n) is 6.86. The number of carbonyl (C=O) groups is 1. The molecule has 2 aromatic heterocycles. The summed E-state index contributed by atoms with van der Waals surface area (Å²) in [5.74, 6) is -1.02. The first kappa shape index (κ1) is 18.5. The molecule has 1 fully saturated rings. The van der Waals surface area contributed by atoms with Gasteiger partial charge in [-0.1, -0.05) is 0 Å². The summed E-state index contributed by atoms with van der Waals surface area (Å²) >= 11 is 0. The quantitative estimate of drug-likeness (QED) is 0.676. The first-order chi connectivity index (χ1) is 13.6. The summed E-state index contributed by atoms with van der Waals surface area (Å²) in [7, 11) is 1.64. The topological polar surface area (TPSA) is 60.2 Å². The van der Waals surface area contributed by atoms with Gasteiger partial charge in [0, 0.05) is 50.5 Å². The Kier molecular flexibility index (Phi) is 5.04. The molecule has 1 aliphatic rings. The zero-order valence-electron chi connectivity index (χ0n) is 15.4. The average molecular weight is 386 g/mol. The minimum Gasteiger partial charge on any atom is -0.383 e. The van der Waals surface area contributed by atoms with Crippen LogP contribution >= 0.6 is 0 Å². The largest absolute Gasteiger partial charge is 0.383 e. The molecule has 4 rings (SSSR count). The molecule has 28 heavy (non-hydrogen) atoms. The summed E-state index contributed by atoms with van der Waals surface area (Å²) in [5.41, 5.74) is 1.60. The molecule has 1 atom stereocenters. The Morgan fingerprint density at radius 2 is 2.07 bits per heavy atom. The molecule has 6 nitrogen and oxygen atoms in total. The van der Waals surface area contributed by atoms with Crippen LogP contribution in [0.4, 0.5) is 8.78 Å². The number of nitrogens with zero attached hydrogens (tertiary/aromatic N) is 4. The van der Waals surface area contributed by atoms with Gasteiger partial charge in [-0.3, -0.25) is 4.79 Å². The molecule has 3 aromatic rings. The van der Waals surface area contributed by atoms with Crippen LogP contribution in [0.3, 0.4) is 0 Å². The van der Waals surface area contributed by atoms with Crippen molar-refractivity contribution < 1.29 is 18.3 Å². The fourth-order valence-corrected chi connectivity index (χ4v) is 3.71. The number of fused-ring (bicyclic) bond motifs is 1. The first-order valence-electron chi connectivity index (χ1n) is 9.12. The number of methoxy groups -OCH3 is 1. The van der Waals surface area contributed by atoms with Crippen molar-refractivity contribution in [1.82, 2.24) is 19.4 Å². The van der Waals surface area contributed by atoms with E-state index in [1.807, 2.05) is 16.7 Å². The van der Waals surface area contributed by atoms with E-state index < -0.39 is 11.6 Å². The predicted octanol–water partition coefficient (Wildman–Crippen LogP) is 2.99. The third-order valence-electron chi connectivity index (χ3n) is 5.00. The second-order valence-corrected chi connectivity index (χ2v) is 6.86. The highest BCUT2D eigenvalue weighted by molar-refractivity contribution is 5.94. The molecule has 0 radical (unpaired) electrons. The summed E-state index contributed by atoms with van der Waals surface area (Å²) in [6, 6.07) is 6.63. The molecule has 146 valence electrons. The Balaban J connectivity index is 1.59. The van der Waals surface area contributed by atoms with E-state index in [0.29, 0.717) is 26.2 Å². The maximum absolute atomic E-state index is 13.5. The van der Waals surface area contributed by atoms with Crippen LogP contribution in [-0.2, 0) is 11.3 Å². The first-order valence-corrected chi connectivity index (χ1v) is 9.12. The lowest BCUT2D eigenvalue weighted by Crippen LogP contribution is -2.29. The van der Waals surface area contributed by atoms with Gasteiger partial charge in [-0.25, -0.2) is 18.7 Å². The van der Waals surface area contributed by atoms with E-state index >= 15 is 0 Å². The van der Waals surface area contributed by atoms with Gasteiger partial charge < -0.3 is 14.2 Å². The number of pyridine rings is 1. The second kappa shape index (κ2) is 7.63. The number of hydrogen-bond acceptors (Lipinski definition) is 4. The molecule has 0 unspecified atom stereocenters. The van der Waals surface area contributed by atoms with Gasteiger partial charge in [0.1, 0.15) is 23.0 Å². The van der Waals surface area contributed by atoms with Gasteiger partial charge in [-0.15, -0.1) is 0 Å². The van der Waals surface area contributed by atoms with E-state index in [1.165, 1.54) is 0 Å². The van der Waals surface area contributed by atoms with E-state index in [-0.39, 0.29) is 17.4 Å². The van der Waals surface area contributed by atoms with Crippen LogP contribution in [0.5, 0.6) is 0 Å². The van der Waals surface area contributed by atoms with Crippen LogP contribution in [0.2, 0.25) is 0 Å². The number of carbonyl (C=O) groups excluding carboxylic acids is 1. The van der Waals surface area contributed by atoms with Crippen molar-refractivity contribution in [2.24, 2.45) is 0 Å². The van der Waals surface area contributed by atoms with Crippen LogP contribution in [-0.4, -0.2) is 52.1 Å². The van der Waals surface area contributed by atoms with Gasteiger partial charge in [0.25, 0.3) is 5.91 Å². The van der Waals surface area contributed by atoms with Gasteiger partial charge in [0.15, 0.2) is 5.65 Å². The van der Waals surface area contributed by atoms with Crippen molar-refractivity contribution in [3.05, 3.63) is 59.6 Å². The van der Waals surface area contributed by atoms with Crippen LogP contribution < -0.4 is 0 Å². The maximum Gasteiger partial charge on any atom is 0.254 e. The fourth-order valence-electron chi connectivity index (χ4n) is 3.71. The zero-order chi connectivity index (χ0) is 19.7. The average Bonchev–Trinajstić information content (AvgIpc) is 3.30. The van der Waals surface area contributed by atoms with Gasteiger partial charge >= 0.3 is 0 Å². The van der Waals surface area contributed by atoms with Crippen molar-refractivity contribution in [2.45, 2.75) is 18.9 Å². The SMILES string of the molecule is COCCn1c([C@@H]2CCN(C(=O)c3cc(F)cc(F)c3)C2)nc2cccnc21. The molecule has 0 spiro atoms. The lowest BCUT2D eigenvalue weighted by molar-refractivity contribution is 0.0789. The van der Waals surface area contributed by atoms with Crippen LogP contribution in [0.15, 0.2) is 36.5 Å². The standard InChI is InChI=1S/C20H20F2N4O2/c1-28-8-7-26-18(24-17-3-2-5-23-19(17)26)13-4-6-25(12-13)20(27)14-9-15(21)11-16(22)10-14/h2-3,5,9-11,13H,4,6-8,12H2,1H3/t13-/m1/s1. The Hall–Kier alpha value is -2.87. The summed E-state index contributed by atoms with van der Waals surface area (Å²) in [4.78, 5) is 23.5. The number of imidazole rings is 1. The number of likely N-dealkylation sites (tertiary alicyclic amines) is 1. The molecule has 0 N–H and O–H groups in total. The predicted molar refractivity (Wildman–Crippen MR) is 99.0 cm³/mol. The summed E-state index contributed by atoms with van der Waals surface area (Å²) in [6.07, 6.45) is 2.44. The zero-order valence-corrected chi connectivity index (χ0v) is 15.4. The Bertz CT molecular complexity index is 1000. The Labute approximate surface area is 160 Å². The minimum absolute atomic E-state index is 0.0210. The van der Waals surface area contributed by atoms with Crippen molar-refractivity contribution in [3.8, 4) is 0 Å². The van der Waals surface area contributed by atoms with Crippen molar-refractivity contribution >= 4 is 17.1 Å². The lowest BCUT2D eigenvalue weighted by atomic mass is 10.1. The van der Waals surface area contributed by atoms with Gasteiger partial charge in [0.2, 0.25) is 0 Å². The van der Waals surface area contributed by atoms with Crippen molar-refractivity contribution in [1.29, 1.82) is 0 Å². The van der Waals surface area contributed by atoms with Gasteiger partial charge in [0.05, 0.1) is 6.61 Å².